The van der Waals surface area contributed by atoms with Gasteiger partial charge in [0.15, 0.2) is 0 Å². The van der Waals surface area contributed by atoms with Crippen LogP contribution in [0.15, 0.2) is 42.5 Å². The highest BCUT2D eigenvalue weighted by Gasteiger charge is 2.22. The van der Waals surface area contributed by atoms with Crippen LogP contribution in [0.25, 0.3) is 11.0 Å². The van der Waals surface area contributed by atoms with Gasteiger partial charge in [0.1, 0.15) is 18.2 Å². The second-order valence-corrected chi connectivity index (χ2v) is 10.7. The SMILES string of the molecule is CCOC(=O)C(C)CCN1CCCC(CCCn2c(COc3ccc(Cl)cc3)nc3c(C)cccc32)C1. The van der Waals surface area contributed by atoms with Crippen molar-refractivity contribution in [1.29, 1.82) is 0 Å². The Morgan fingerprint density at radius 2 is 2.00 bits per heavy atom. The molecule has 0 N–H and O–H groups in total. The van der Waals surface area contributed by atoms with Crippen LogP contribution in [0.4, 0.5) is 0 Å². The van der Waals surface area contributed by atoms with Crippen molar-refractivity contribution >= 4 is 28.6 Å². The van der Waals surface area contributed by atoms with Crippen molar-refractivity contribution in [2.45, 2.75) is 66.0 Å². The molecule has 200 valence electrons. The highest BCUT2D eigenvalue weighted by molar-refractivity contribution is 6.30. The summed E-state index contributed by atoms with van der Waals surface area (Å²) in [4.78, 5) is 19.4. The first kappa shape index (κ1) is 27.5. The number of piperidine rings is 1. The van der Waals surface area contributed by atoms with Crippen LogP contribution in [0, 0.1) is 18.8 Å². The largest absolute Gasteiger partial charge is 0.486 e. The van der Waals surface area contributed by atoms with Gasteiger partial charge in [-0.15, -0.1) is 0 Å². The zero-order valence-corrected chi connectivity index (χ0v) is 23.2. The van der Waals surface area contributed by atoms with Gasteiger partial charge in [-0.1, -0.05) is 30.7 Å². The number of fused-ring (bicyclic) bond motifs is 1. The maximum Gasteiger partial charge on any atom is 0.308 e. The van der Waals surface area contributed by atoms with E-state index in [1.807, 2.05) is 38.1 Å². The average Bonchev–Trinajstić information content (AvgIpc) is 3.26. The third kappa shape index (κ3) is 7.48. The fourth-order valence-corrected chi connectivity index (χ4v) is 5.41. The standard InChI is InChI=1S/C30H40ClN3O3/c1-4-36-30(35)23(3)16-19-33-17-6-9-24(20-33)10-7-18-34-27-11-5-8-22(2)29(27)32-28(34)21-37-26-14-12-25(31)13-15-26/h5,8,11-15,23-24H,4,6-7,9-10,16-21H2,1-3H3. The van der Waals surface area contributed by atoms with Crippen LogP contribution in [0.3, 0.4) is 0 Å². The summed E-state index contributed by atoms with van der Waals surface area (Å²) in [6.45, 7) is 11.0. The number of nitrogens with zero attached hydrogens (tertiary/aromatic N) is 3. The molecule has 1 saturated heterocycles. The number of hydrogen-bond acceptors (Lipinski definition) is 5. The molecule has 2 unspecified atom stereocenters. The molecule has 1 aliphatic rings. The van der Waals surface area contributed by atoms with Crippen molar-refractivity contribution in [3.05, 3.63) is 58.9 Å². The van der Waals surface area contributed by atoms with Gasteiger partial charge in [-0.3, -0.25) is 4.79 Å². The lowest BCUT2D eigenvalue weighted by Gasteiger charge is -2.33. The van der Waals surface area contributed by atoms with E-state index in [1.54, 1.807) is 0 Å². The number of para-hydroxylation sites is 1. The lowest BCUT2D eigenvalue weighted by molar-refractivity contribution is -0.147. The minimum absolute atomic E-state index is 0.0354. The van der Waals surface area contributed by atoms with E-state index in [0.29, 0.717) is 24.2 Å². The number of carbonyl (C=O) groups excluding carboxylic acids is 1. The first-order chi connectivity index (χ1) is 17.9. The summed E-state index contributed by atoms with van der Waals surface area (Å²) in [6, 6.07) is 13.9. The molecule has 2 atom stereocenters. The lowest BCUT2D eigenvalue weighted by Crippen LogP contribution is -2.37. The van der Waals surface area contributed by atoms with Crippen molar-refractivity contribution in [3.8, 4) is 5.75 Å². The van der Waals surface area contributed by atoms with Crippen LogP contribution in [0.5, 0.6) is 5.75 Å². The third-order valence-electron chi connectivity index (χ3n) is 7.41. The summed E-state index contributed by atoms with van der Waals surface area (Å²) < 4.78 is 13.6. The zero-order valence-electron chi connectivity index (χ0n) is 22.4. The number of imidazole rings is 1. The number of hydrogen-bond donors (Lipinski definition) is 0. The molecule has 0 radical (unpaired) electrons. The third-order valence-corrected chi connectivity index (χ3v) is 7.66. The molecule has 0 spiro atoms. The van der Waals surface area contributed by atoms with E-state index in [2.05, 4.69) is 34.6 Å². The summed E-state index contributed by atoms with van der Waals surface area (Å²) in [7, 11) is 0. The molecule has 0 saturated carbocycles. The van der Waals surface area contributed by atoms with Crippen molar-refractivity contribution in [1.82, 2.24) is 14.5 Å². The van der Waals surface area contributed by atoms with Crippen LogP contribution in [0.2, 0.25) is 5.02 Å². The van der Waals surface area contributed by atoms with Gasteiger partial charge >= 0.3 is 5.97 Å². The van der Waals surface area contributed by atoms with Crippen LogP contribution in [0.1, 0.15) is 57.3 Å². The van der Waals surface area contributed by atoms with Crippen LogP contribution >= 0.6 is 11.6 Å². The number of carbonyl (C=O) groups is 1. The summed E-state index contributed by atoms with van der Waals surface area (Å²) >= 11 is 6.02. The maximum absolute atomic E-state index is 12.0. The van der Waals surface area contributed by atoms with E-state index in [-0.39, 0.29) is 11.9 Å². The Labute approximate surface area is 225 Å². The number of ether oxygens (including phenoxy) is 2. The number of halogens is 1. The van der Waals surface area contributed by atoms with E-state index >= 15 is 0 Å². The predicted octanol–water partition coefficient (Wildman–Crippen LogP) is 6.66. The predicted molar refractivity (Wildman–Crippen MR) is 149 cm³/mol. The number of benzene rings is 2. The first-order valence-corrected chi connectivity index (χ1v) is 14.0. The van der Waals surface area contributed by atoms with E-state index in [1.165, 1.54) is 30.3 Å². The van der Waals surface area contributed by atoms with Gasteiger partial charge in [0.2, 0.25) is 0 Å². The molecule has 2 aromatic carbocycles. The second-order valence-electron chi connectivity index (χ2n) is 10.3. The van der Waals surface area contributed by atoms with E-state index in [9.17, 15) is 4.79 Å². The van der Waals surface area contributed by atoms with E-state index in [4.69, 9.17) is 26.1 Å². The quantitative estimate of drug-likeness (QED) is 0.247. The van der Waals surface area contributed by atoms with Gasteiger partial charge in [0.25, 0.3) is 0 Å². The van der Waals surface area contributed by atoms with Crippen LogP contribution in [-0.4, -0.2) is 46.7 Å². The van der Waals surface area contributed by atoms with E-state index in [0.717, 1.165) is 56.1 Å². The summed E-state index contributed by atoms with van der Waals surface area (Å²) in [5, 5.41) is 0.699. The normalized spacial score (nSPS) is 17.1. The molecule has 3 aromatic rings. The molecule has 0 aliphatic carbocycles. The van der Waals surface area contributed by atoms with Crippen molar-refractivity contribution in [2.24, 2.45) is 11.8 Å². The molecule has 1 fully saturated rings. The molecule has 6 nitrogen and oxygen atoms in total. The number of aryl methyl sites for hydroxylation is 2. The molecular formula is C30H40ClN3O3. The smallest absolute Gasteiger partial charge is 0.308 e. The molecule has 37 heavy (non-hydrogen) atoms. The summed E-state index contributed by atoms with van der Waals surface area (Å²) in [5.74, 6) is 2.33. The number of likely N-dealkylation sites (tertiary alicyclic amines) is 1. The van der Waals surface area contributed by atoms with Gasteiger partial charge in [-0.2, -0.15) is 0 Å². The van der Waals surface area contributed by atoms with Crippen LogP contribution in [-0.2, 0) is 22.7 Å². The number of aromatic nitrogens is 2. The molecule has 1 aliphatic heterocycles. The minimum Gasteiger partial charge on any atom is -0.486 e. The van der Waals surface area contributed by atoms with Crippen LogP contribution < -0.4 is 4.74 Å². The fourth-order valence-electron chi connectivity index (χ4n) is 5.28. The minimum atomic E-state index is -0.0744. The molecular weight excluding hydrogens is 486 g/mol. The van der Waals surface area contributed by atoms with E-state index < -0.39 is 0 Å². The van der Waals surface area contributed by atoms with Crippen molar-refractivity contribution in [3.63, 3.8) is 0 Å². The average molecular weight is 526 g/mol. The molecule has 0 bridgehead atoms. The Morgan fingerprint density at radius 1 is 1.19 bits per heavy atom. The summed E-state index contributed by atoms with van der Waals surface area (Å²) in [6.07, 6.45) is 5.66. The lowest BCUT2D eigenvalue weighted by atomic mass is 9.93. The molecule has 2 heterocycles. The fraction of sp³-hybridized carbons (Fsp3) is 0.533. The van der Waals surface area contributed by atoms with Crippen molar-refractivity contribution in [2.75, 3.05) is 26.2 Å². The van der Waals surface area contributed by atoms with Gasteiger partial charge < -0.3 is 18.9 Å². The number of esters is 1. The Balaban J connectivity index is 1.33. The molecule has 0 amide bonds. The molecule has 4 rings (SSSR count). The van der Waals surface area contributed by atoms with Gasteiger partial charge in [-0.25, -0.2) is 4.98 Å². The number of rotatable bonds is 12. The molecule has 1 aromatic heterocycles. The molecule has 7 heteroatoms. The Kier molecular flexibility index (Phi) is 9.87. The van der Waals surface area contributed by atoms with Gasteiger partial charge in [-0.05, 0) is 101 Å². The zero-order chi connectivity index (χ0) is 26.2. The Hall–Kier alpha value is -2.57. The van der Waals surface area contributed by atoms with Gasteiger partial charge in [0.05, 0.1) is 23.6 Å². The highest BCUT2D eigenvalue weighted by Crippen LogP contribution is 2.25. The Morgan fingerprint density at radius 3 is 2.78 bits per heavy atom. The highest BCUT2D eigenvalue weighted by atomic mass is 35.5. The first-order valence-electron chi connectivity index (χ1n) is 13.7. The summed E-state index contributed by atoms with van der Waals surface area (Å²) in [5.41, 5.74) is 3.41. The Bertz CT molecular complexity index is 1160. The maximum atomic E-state index is 12.0. The monoisotopic (exact) mass is 525 g/mol. The van der Waals surface area contributed by atoms with Gasteiger partial charge in [0, 0.05) is 18.1 Å². The topological polar surface area (TPSA) is 56.6 Å². The second kappa shape index (κ2) is 13.3. The van der Waals surface area contributed by atoms with Crippen molar-refractivity contribution < 1.29 is 14.3 Å².